The van der Waals surface area contributed by atoms with Crippen molar-refractivity contribution in [1.82, 2.24) is 14.8 Å². The third-order valence-corrected chi connectivity index (χ3v) is 4.52. The number of hydrogen-bond acceptors (Lipinski definition) is 4. The highest BCUT2D eigenvalue weighted by atomic mass is 35.5. The van der Waals surface area contributed by atoms with Crippen molar-refractivity contribution >= 4 is 33.4 Å². The summed E-state index contributed by atoms with van der Waals surface area (Å²) in [4.78, 5) is 13.1. The minimum atomic E-state index is -0.0553. The standard InChI is InChI=1S/C17H21ClN4O2/c1-10(24-2)8-13-15-16(21-20-13)12-9-11(18)4-5-14(12)22(17(15)23)7-3-6-19/h4-5,9-10H,3,6-8,19H2,1-2H3,(H,20,21). The molecular weight excluding hydrogens is 328 g/mol. The number of aromatic amines is 1. The first kappa shape index (κ1) is 17.0. The Hall–Kier alpha value is -1.89. The number of halogens is 1. The molecule has 0 bridgehead atoms. The van der Waals surface area contributed by atoms with E-state index in [0.717, 1.165) is 23.0 Å². The third-order valence-electron chi connectivity index (χ3n) is 4.28. The molecule has 1 unspecified atom stereocenters. The van der Waals surface area contributed by atoms with Crippen molar-refractivity contribution in [2.24, 2.45) is 5.73 Å². The minimum Gasteiger partial charge on any atom is -0.381 e. The molecule has 0 radical (unpaired) electrons. The van der Waals surface area contributed by atoms with Gasteiger partial charge in [-0.25, -0.2) is 0 Å². The van der Waals surface area contributed by atoms with Gasteiger partial charge in [-0.3, -0.25) is 9.89 Å². The topological polar surface area (TPSA) is 85.9 Å². The van der Waals surface area contributed by atoms with Crippen LogP contribution in [-0.4, -0.2) is 34.5 Å². The van der Waals surface area contributed by atoms with E-state index in [1.165, 1.54) is 0 Å². The number of benzene rings is 1. The number of rotatable bonds is 6. The molecule has 2 aromatic heterocycles. The molecule has 128 valence electrons. The van der Waals surface area contributed by atoms with Gasteiger partial charge in [-0.2, -0.15) is 5.10 Å². The zero-order chi connectivity index (χ0) is 17.3. The Labute approximate surface area is 144 Å². The number of aryl methyl sites for hydroxylation is 1. The van der Waals surface area contributed by atoms with E-state index in [1.54, 1.807) is 17.7 Å². The van der Waals surface area contributed by atoms with Gasteiger partial charge in [0.1, 0.15) is 5.52 Å². The number of fused-ring (bicyclic) bond motifs is 3. The van der Waals surface area contributed by atoms with Crippen LogP contribution in [0.2, 0.25) is 5.02 Å². The number of nitrogens with one attached hydrogen (secondary N) is 1. The van der Waals surface area contributed by atoms with Crippen LogP contribution in [0.15, 0.2) is 23.0 Å². The highest BCUT2D eigenvalue weighted by molar-refractivity contribution is 6.31. The number of aromatic nitrogens is 3. The fourth-order valence-electron chi connectivity index (χ4n) is 2.97. The molecule has 24 heavy (non-hydrogen) atoms. The number of pyridine rings is 1. The maximum atomic E-state index is 13.1. The van der Waals surface area contributed by atoms with Crippen molar-refractivity contribution in [2.75, 3.05) is 13.7 Å². The largest absolute Gasteiger partial charge is 0.381 e. The van der Waals surface area contributed by atoms with Crippen LogP contribution in [0.4, 0.5) is 0 Å². The lowest BCUT2D eigenvalue weighted by molar-refractivity contribution is 0.118. The van der Waals surface area contributed by atoms with E-state index >= 15 is 0 Å². The van der Waals surface area contributed by atoms with Gasteiger partial charge in [-0.1, -0.05) is 11.6 Å². The van der Waals surface area contributed by atoms with Gasteiger partial charge in [0.2, 0.25) is 0 Å². The number of hydrogen-bond donors (Lipinski definition) is 2. The van der Waals surface area contributed by atoms with Crippen molar-refractivity contribution in [3.63, 3.8) is 0 Å². The molecule has 0 saturated heterocycles. The van der Waals surface area contributed by atoms with Gasteiger partial charge in [-0.05, 0) is 38.1 Å². The predicted molar refractivity (Wildman–Crippen MR) is 96.7 cm³/mol. The summed E-state index contributed by atoms with van der Waals surface area (Å²) in [6.45, 7) is 3.05. The first-order chi connectivity index (χ1) is 11.6. The average Bonchev–Trinajstić information content (AvgIpc) is 2.99. The fraction of sp³-hybridized carbons (Fsp3) is 0.412. The highest BCUT2D eigenvalue weighted by Gasteiger charge is 2.18. The van der Waals surface area contributed by atoms with Gasteiger partial charge < -0.3 is 15.0 Å². The lowest BCUT2D eigenvalue weighted by Gasteiger charge is -2.12. The lowest BCUT2D eigenvalue weighted by Crippen LogP contribution is -2.23. The number of methoxy groups -OCH3 is 1. The first-order valence-corrected chi connectivity index (χ1v) is 8.36. The molecule has 3 rings (SSSR count). The summed E-state index contributed by atoms with van der Waals surface area (Å²) in [6, 6.07) is 5.50. The van der Waals surface area contributed by atoms with E-state index in [2.05, 4.69) is 10.2 Å². The smallest absolute Gasteiger partial charge is 0.262 e. The Kier molecular flexibility index (Phi) is 4.89. The van der Waals surface area contributed by atoms with Crippen LogP contribution in [0.3, 0.4) is 0 Å². The Morgan fingerprint density at radius 2 is 2.25 bits per heavy atom. The van der Waals surface area contributed by atoms with Crippen LogP contribution in [0.5, 0.6) is 0 Å². The van der Waals surface area contributed by atoms with Gasteiger partial charge >= 0.3 is 0 Å². The van der Waals surface area contributed by atoms with Gasteiger partial charge in [0, 0.05) is 30.5 Å². The third kappa shape index (κ3) is 2.92. The summed E-state index contributed by atoms with van der Waals surface area (Å²) in [5.74, 6) is 0. The van der Waals surface area contributed by atoms with E-state index in [4.69, 9.17) is 22.1 Å². The Morgan fingerprint density at radius 1 is 1.46 bits per heavy atom. The zero-order valence-electron chi connectivity index (χ0n) is 13.8. The Bertz CT molecular complexity index is 932. The molecular formula is C17H21ClN4O2. The van der Waals surface area contributed by atoms with Crippen LogP contribution < -0.4 is 11.3 Å². The molecule has 1 atom stereocenters. The van der Waals surface area contributed by atoms with E-state index in [1.807, 2.05) is 19.1 Å². The Morgan fingerprint density at radius 3 is 2.96 bits per heavy atom. The number of H-pyrrole nitrogens is 1. The molecule has 0 aliphatic carbocycles. The molecule has 0 spiro atoms. The number of nitrogens with zero attached hydrogens (tertiary/aromatic N) is 2. The van der Waals surface area contributed by atoms with Crippen molar-refractivity contribution in [2.45, 2.75) is 32.4 Å². The second-order valence-corrected chi connectivity index (χ2v) is 6.37. The van der Waals surface area contributed by atoms with E-state index < -0.39 is 0 Å². The van der Waals surface area contributed by atoms with Crippen LogP contribution in [0.1, 0.15) is 19.0 Å². The Balaban J connectivity index is 2.32. The monoisotopic (exact) mass is 348 g/mol. The number of ether oxygens (including phenoxy) is 1. The molecule has 7 heteroatoms. The molecule has 0 saturated carbocycles. The van der Waals surface area contributed by atoms with Crippen LogP contribution >= 0.6 is 11.6 Å². The second kappa shape index (κ2) is 6.93. The average molecular weight is 349 g/mol. The normalized spacial score (nSPS) is 13.0. The summed E-state index contributed by atoms with van der Waals surface area (Å²) >= 11 is 6.16. The van der Waals surface area contributed by atoms with Crippen molar-refractivity contribution < 1.29 is 4.74 Å². The summed E-state index contributed by atoms with van der Waals surface area (Å²) in [5.41, 5.74) is 7.83. The maximum Gasteiger partial charge on any atom is 0.262 e. The van der Waals surface area contributed by atoms with Crippen LogP contribution in [0.25, 0.3) is 21.8 Å². The lowest BCUT2D eigenvalue weighted by atomic mass is 10.1. The molecule has 2 heterocycles. The quantitative estimate of drug-likeness (QED) is 0.716. The summed E-state index contributed by atoms with van der Waals surface area (Å²) in [6.07, 6.45) is 1.30. The maximum absolute atomic E-state index is 13.1. The van der Waals surface area contributed by atoms with E-state index in [9.17, 15) is 4.79 Å². The SMILES string of the molecule is COC(C)Cc1[nH]nc2c1c(=O)n(CCCN)c1ccc(Cl)cc21. The summed E-state index contributed by atoms with van der Waals surface area (Å²) in [5, 5.41) is 9.46. The van der Waals surface area contributed by atoms with Gasteiger partial charge in [-0.15, -0.1) is 0 Å². The molecule has 6 nitrogen and oxygen atoms in total. The fourth-order valence-corrected chi connectivity index (χ4v) is 3.14. The van der Waals surface area contributed by atoms with Crippen molar-refractivity contribution in [3.8, 4) is 0 Å². The number of nitrogens with two attached hydrogens (primary N) is 1. The van der Waals surface area contributed by atoms with Crippen LogP contribution in [0, 0.1) is 0 Å². The summed E-state index contributed by atoms with van der Waals surface area (Å²) < 4.78 is 7.08. The molecule has 0 aliphatic heterocycles. The van der Waals surface area contributed by atoms with Crippen molar-refractivity contribution in [3.05, 3.63) is 39.3 Å². The van der Waals surface area contributed by atoms with Gasteiger partial charge in [0.25, 0.3) is 5.56 Å². The molecule has 3 aromatic rings. The minimum absolute atomic E-state index is 0.0133. The molecule has 3 N–H and O–H groups in total. The van der Waals surface area contributed by atoms with Crippen LogP contribution in [-0.2, 0) is 17.7 Å². The van der Waals surface area contributed by atoms with Crippen molar-refractivity contribution in [1.29, 1.82) is 0 Å². The highest BCUT2D eigenvalue weighted by Crippen LogP contribution is 2.26. The molecule has 1 aromatic carbocycles. The molecule has 0 aliphatic rings. The second-order valence-electron chi connectivity index (χ2n) is 5.94. The predicted octanol–water partition coefficient (Wildman–Crippen LogP) is 2.46. The first-order valence-electron chi connectivity index (χ1n) is 7.98. The van der Waals surface area contributed by atoms with E-state index in [-0.39, 0.29) is 11.7 Å². The van der Waals surface area contributed by atoms with Gasteiger partial charge in [0.05, 0.1) is 22.7 Å². The van der Waals surface area contributed by atoms with E-state index in [0.29, 0.717) is 35.4 Å². The molecule has 0 fully saturated rings. The van der Waals surface area contributed by atoms with Gasteiger partial charge in [0.15, 0.2) is 0 Å². The zero-order valence-corrected chi connectivity index (χ0v) is 14.6. The summed E-state index contributed by atoms with van der Waals surface area (Å²) in [7, 11) is 1.65. The molecule has 0 amide bonds.